The van der Waals surface area contributed by atoms with E-state index in [-0.39, 0.29) is 0 Å². The molecule has 2 rings (SSSR count). The molecule has 2 N–H and O–H groups in total. The largest absolute Gasteiger partial charge is 0.480 e. The van der Waals surface area contributed by atoms with Crippen LogP contribution in [-0.2, 0) is 11.2 Å². The number of nitrogens with one attached hydrogen (secondary N) is 1. The molecule has 6 nitrogen and oxygen atoms in total. The molecular weight excluding hydrogens is 268 g/mol. The average molecular weight is 288 g/mol. The molecule has 112 valence electrons. The molecule has 1 aromatic carbocycles. The highest BCUT2D eigenvalue weighted by Gasteiger charge is 2.14. The van der Waals surface area contributed by atoms with Gasteiger partial charge in [-0.15, -0.1) is 0 Å². The maximum atomic E-state index is 11.0. The summed E-state index contributed by atoms with van der Waals surface area (Å²) in [7, 11) is 3.99. The molecule has 1 atom stereocenters. The summed E-state index contributed by atoms with van der Waals surface area (Å²) in [6, 6.07) is 6.90. The van der Waals surface area contributed by atoms with Gasteiger partial charge in [0.2, 0.25) is 0 Å². The fourth-order valence-corrected chi connectivity index (χ4v) is 1.94. The number of carboxylic acid groups (broad SMARTS) is 1. The fraction of sp³-hybridized carbons (Fsp3) is 0.400. The number of aromatic nitrogens is 2. The average Bonchev–Trinajstić information content (AvgIpc) is 2.45. The van der Waals surface area contributed by atoms with Crippen LogP contribution in [0.1, 0.15) is 12.7 Å². The molecule has 1 unspecified atom stereocenters. The molecule has 0 saturated carbocycles. The van der Waals surface area contributed by atoms with Crippen LogP contribution in [0.25, 0.3) is 10.9 Å². The number of likely N-dealkylation sites (N-methyl/N-ethyl adjacent to an activating group) is 1. The summed E-state index contributed by atoms with van der Waals surface area (Å²) in [5.74, 6) is 0.374. The normalized spacial score (nSPS) is 12.6. The van der Waals surface area contributed by atoms with Gasteiger partial charge in [-0.05, 0) is 33.2 Å². The van der Waals surface area contributed by atoms with Gasteiger partial charge in [-0.25, -0.2) is 9.97 Å². The van der Waals surface area contributed by atoms with E-state index in [1.807, 2.05) is 38.4 Å². The van der Waals surface area contributed by atoms with Crippen LogP contribution in [0, 0.1) is 0 Å². The van der Waals surface area contributed by atoms with Gasteiger partial charge in [-0.1, -0.05) is 12.1 Å². The molecule has 1 heterocycles. The predicted molar refractivity (Wildman–Crippen MR) is 82.5 cm³/mol. The molecule has 0 fully saturated rings. The molecule has 0 spiro atoms. The number of carboxylic acids is 1. The summed E-state index contributed by atoms with van der Waals surface area (Å²) in [4.78, 5) is 22.1. The van der Waals surface area contributed by atoms with Gasteiger partial charge in [0.15, 0.2) is 0 Å². The van der Waals surface area contributed by atoms with Gasteiger partial charge in [0.1, 0.15) is 17.7 Å². The van der Waals surface area contributed by atoms with Crippen molar-refractivity contribution in [2.45, 2.75) is 19.4 Å². The monoisotopic (exact) mass is 288 g/mol. The number of nitrogens with zero attached hydrogens (tertiary/aromatic N) is 3. The molecule has 21 heavy (non-hydrogen) atoms. The highest BCUT2D eigenvalue weighted by Crippen LogP contribution is 2.21. The van der Waals surface area contributed by atoms with Crippen LogP contribution >= 0.6 is 0 Å². The van der Waals surface area contributed by atoms with E-state index in [0.717, 1.165) is 17.4 Å². The smallest absolute Gasteiger partial charge is 0.325 e. The summed E-state index contributed by atoms with van der Waals surface area (Å²) in [6.45, 7) is 2.44. The minimum absolute atomic E-state index is 0.573. The van der Waals surface area contributed by atoms with E-state index in [1.54, 1.807) is 6.92 Å². The summed E-state index contributed by atoms with van der Waals surface area (Å²) in [5, 5.41) is 12.8. The van der Waals surface area contributed by atoms with Crippen molar-refractivity contribution in [1.29, 1.82) is 0 Å². The maximum Gasteiger partial charge on any atom is 0.325 e. The number of hydrogen-bond donors (Lipinski definition) is 2. The highest BCUT2D eigenvalue weighted by molar-refractivity contribution is 5.90. The third-order valence-corrected chi connectivity index (χ3v) is 3.16. The molecule has 0 aliphatic carbocycles. The zero-order valence-electron chi connectivity index (χ0n) is 12.5. The van der Waals surface area contributed by atoms with Crippen LogP contribution in [0.3, 0.4) is 0 Å². The summed E-state index contributed by atoms with van der Waals surface area (Å²) >= 11 is 0. The minimum Gasteiger partial charge on any atom is -0.480 e. The van der Waals surface area contributed by atoms with Crippen molar-refractivity contribution in [3.05, 3.63) is 30.1 Å². The van der Waals surface area contributed by atoms with Crippen molar-refractivity contribution in [3.8, 4) is 0 Å². The van der Waals surface area contributed by atoms with Crippen molar-refractivity contribution in [3.63, 3.8) is 0 Å². The molecule has 0 bridgehead atoms. The lowest BCUT2D eigenvalue weighted by Gasteiger charge is -2.14. The summed E-state index contributed by atoms with van der Waals surface area (Å²) in [6.07, 6.45) is 0.716. The first-order chi connectivity index (χ1) is 9.97. The molecular formula is C15H20N4O2. The lowest BCUT2D eigenvalue weighted by molar-refractivity contribution is -0.137. The lowest BCUT2D eigenvalue weighted by atomic mass is 10.2. The van der Waals surface area contributed by atoms with Crippen LogP contribution in [0.5, 0.6) is 0 Å². The lowest BCUT2D eigenvalue weighted by Crippen LogP contribution is -2.26. The van der Waals surface area contributed by atoms with E-state index in [4.69, 9.17) is 5.11 Å². The Balaban J connectivity index is 2.37. The SMILES string of the molecule is CC(Nc1nc(CCN(C)C)nc2ccccc12)C(=O)O. The van der Waals surface area contributed by atoms with Crippen LogP contribution < -0.4 is 5.32 Å². The maximum absolute atomic E-state index is 11.0. The van der Waals surface area contributed by atoms with Crippen molar-refractivity contribution in [2.24, 2.45) is 0 Å². The van der Waals surface area contributed by atoms with E-state index in [9.17, 15) is 4.79 Å². The van der Waals surface area contributed by atoms with Crippen molar-refractivity contribution in [2.75, 3.05) is 26.0 Å². The minimum atomic E-state index is -0.910. The Labute approximate surface area is 123 Å². The zero-order chi connectivity index (χ0) is 15.4. The second kappa shape index (κ2) is 6.49. The molecule has 0 saturated heterocycles. The van der Waals surface area contributed by atoms with Gasteiger partial charge >= 0.3 is 5.97 Å². The van der Waals surface area contributed by atoms with E-state index >= 15 is 0 Å². The van der Waals surface area contributed by atoms with Gasteiger partial charge in [-0.2, -0.15) is 0 Å². The first kappa shape index (κ1) is 15.2. The third kappa shape index (κ3) is 3.88. The van der Waals surface area contributed by atoms with Crippen molar-refractivity contribution < 1.29 is 9.90 Å². The first-order valence-electron chi connectivity index (χ1n) is 6.87. The summed E-state index contributed by atoms with van der Waals surface area (Å²) in [5.41, 5.74) is 0.821. The quantitative estimate of drug-likeness (QED) is 0.841. The highest BCUT2D eigenvalue weighted by atomic mass is 16.4. The van der Waals surface area contributed by atoms with E-state index in [0.29, 0.717) is 18.1 Å². The predicted octanol–water partition coefficient (Wildman–Crippen LogP) is 1.62. The first-order valence-corrected chi connectivity index (χ1v) is 6.87. The number of para-hydroxylation sites is 1. The Kier molecular flexibility index (Phi) is 4.70. The fourth-order valence-electron chi connectivity index (χ4n) is 1.94. The van der Waals surface area contributed by atoms with Gasteiger partial charge in [0.05, 0.1) is 5.52 Å². The van der Waals surface area contributed by atoms with Crippen LogP contribution in [0.4, 0.5) is 5.82 Å². The molecule has 0 aliphatic rings. The Bertz CT molecular complexity index is 643. The summed E-state index contributed by atoms with van der Waals surface area (Å²) < 4.78 is 0. The number of rotatable bonds is 6. The molecule has 1 aromatic heterocycles. The number of hydrogen-bond acceptors (Lipinski definition) is 5. The van der Waals surface area contributed by atoms with Crippen LogP contribution in [0.2, 0.25) is 0 Å². The van der Waals surface area contributed by atoms with E-state index in [2.05, 4.69) is 20.2 Å². The second-order valence-corrected chi connectivity index (χ2v) is 5.26. The van der Waals surface area contributed by atoms with Gasteiger partial charge in [-0.3, -0.25) is 4.79 Å². The standard InChI is InChI=1S/C15H20N4O2/c1-10(15(20)21)16-14-11-6-4-5-7-12(11)17-13(18-14)8-9-19(2)3/h4-7,10H,8-9H2,1-3H3,(H,20,21)(H,16,17,18). The van der Waals surface area contributed by atoms with Crippen molar-refractivity contribution in [1.82, 2.24) is 14.9 Å². The number of carbonyl (C=O) groups is 1. The van der Waals surface area contributed by atoms with Crippen LogP contribution in [0.15, 0.2) is 24.3 Å². The molecule has 2 aromatic rings. The van der Waals surface area contributed by atoms with Gasteiger partial charge < -0.3 is 15.3 Å². The number of anilines is 1. The van der Waals surface area contributed by atoms with Gasteiger partial charge in [0.25, 0.3) is 0 Å². The molecule has 6 heteroatoms. The van der Waals surface area contributed by atoms with Crippen molar-refractivity contribution >= 4 is 22.7 Å². The van der Waals surface area contributed by atoms with E-state index in [1.165, 1.54) is 0 Å². The Morgan fingerprint density at radius 3 is 2.71 bits per heavy atom. The Morgan fingerprint density at radius 1 is 1.33 bits per heavy atom. The Morgan fingerprint density at radius 2 is 2.05 bits per heavy atom. The molecule has 0 radical (unpaired) electrons. The second-order valence-electron chi connectivity index (χ2n) is 5.26. The van der Waals surface area contributed by atoms with E-state index < -0.39 is 12.0 Å². The third-order valence-electron chi connectivity index (χ3n) is 3.16. The number of fused-ring (bicyclic) bond motifs is 1. The molecule has 0 aliphatic heterocycles. The number of aliphatic carboxylic acids is 1. The Hall–Kier alpha value is -2.21. The van der Waals surface area contributed by atoms with Gasteiger partial charge in [0, 0.05) is 18.4 Å². The number of benzene rings is 1. The zero-order valence-corrected chi connectivity index (χ0v) is 12.5. The molecule has 0 amide bonds. The van der Waals surface area contributed by atoms with Crippen LogP contribution in [-0.4, -0.2) is 52.6 Å². The topological polar surface area (TPSA) is 78.4 Å².